The summed E-state index contributed by atoms with van der Waals surface area (Å²) < 4.78 is 10.0. The quantitative estimate of drug-likeness (QED) is 0.437. The van der Waals surface area contributed by atoms with Crippen LogP contribution in [0.2, 0.25) is 0 Å². The second-order valence-corrected chi connectivity index (χ2v) is 5.46. The number of benzene rings is 2. The number of hydrogen-bond donors (Lipinski definition) is 3. The van der Waals surface area contributed by atoms with Crippen molar-refractivity contribution in [1.29, 1.82) is 0 Å². The summed E-state index contributed by atoms with van der Waals surface area (Å²) in [5.74, 6) is -0.902. The van der Waals surface area contributed by atoms with Crippen molar-refractivity contribution in [3.05, 3.63) is 59.7 Å². The van der Waals surface area contributed by atoms with E-state index < -0.39 is 24.4 Å². The van der Waals surface area contributed by atoms with Gasteiger partial charge in [0.1, 0.15) is 11.5 Å². The molecule has 0 radical (unpaired) electrons. The maximum Gasteiger partial charge on any atom is 0.341 e. The lowest BCUT2D eigenvalue weighted by Gasteiger charge is -2.05. The molecule has 0 aliphatic heterocycles. The molecular formula is C19H19N3O6. The van der Waals surface area contributed by atoms with Crippen LogP contribution in [0.25, 0.3) is 0 Å². The second kappa shape index (κ2) is 10.3. The van der Waals surface area contributed by atoms with Crippen molar-refractivity contribution >= 4 is 24.0 Å². The molecule has 0 aromatic heterocycles. The van der Waals surface area contributed by atoms with Gasteiger partial charge in [-0.25, -0.2) is 10.2 Å². The van der Waals surface area contributed by atoms with Crippen molar-refractivity contribution in [2.75, 3.05) is 20.3 Å². The van der Waals surface area contributed by atoms with Crippen LogP contribution in [0.1, 0.15) is 15.9 Å². The summed E-state index contributed by atoms with van der Waals surface area (Å²) in [6.45, 7) is -0.657. The number of hydrazone groups is 1. The Morgan fingerprint density at radius 2 is 1.68 bits per heavy atom. The number of aliphatic carboxylic acids is 1. The molecule has 2 rings (SSSR count). The van der Waals surface area contributed by atoms with Crippen LogP contribution in [0.3, 0.4) is 0 Å². The molecule has 0 aliphatic carbocycles. The van der Waals surface area contributed by atoms with Crippen molar-refractivity contribution in [1.82, 2.24) is 10.7 Å². The lowest BCUT2D eigenvalue weighted by atomic mass is 10.2. The van der Waals surface area contributed by atoms with E-state index in [9.17, 15) is 14.4 Å². The molecule has 0 atom stereocenters. The van der Waals surface area contributed by atoms with Gasteiger partial charge in [0.25, 0.3) is 11.8 Å². The Bertz CT molecular complexity index is 847. The monoisotopic (exact) mass is 385 g/mol. The number of hydrogen-bond acceptors (Lipinski definition) is 6. The van der Waals surface area contributed by atoms with Crippen molar-refractivity contribution in [2.45, 2.75) is 0 Å². The van der Waals surface area contributed by atoms with Crippen LogP contribution in [0.15, 0.2) is 53.6 Å². The summed E-state index contributed by atoms with van der Waals surface area (Å²) in [6.07, 6.45) is 1.41. The molecule has 146 valence electrons. The molecule has 9 heteroatoms. The lowest BCUT2D eigenvalue weighted by Crippen LogP contribution is -2.34. The van der Waals surface area contributed by atoms with Crippen LogP contribution in [-0.2, 0) is 9.59 Å². The Hall–Kier alpha value is -3.88. The first-order valence-corrected chi connectivity index (χ1v) is 8.17. The number of carboxylic acid groups (broad SMARTS) is 1. The van der Waals surface area contributed by atoms with Crippen LogP contribution in [0, 0.1) is 0 Å². The molecule has 0 unspecified atom stereocenters. The SMILES string of the molecule is COc1ccc(C(=O)NCC(=O)N/N=C\c2ccc(OCC(=O)O)cc2)cc1. The molecule has 28 heavy (non-hydrogen) atoms. The van der Waals surface area contributed by atoms with Crippen LogP contribution >= 0.6 is 0 Å². The summed E-state index contributed by atoms with van der Waals surface area (Å²) in [6, 6.07) is 13.0. The van der Waals surface area contributed by atoms with Crippen LogP contribution in [-0.4, -0.2) is 49.4 Å². The number of rotatable bonds is 9. The molecule has 9 nitrogen and oxygen atoms in total. The van der Waals surface area contributed by atoms with Crippen molar-refractivity contribution in [3.63, 3.8) is 0 Å². The maximum absolute atomic E-state index is 12.0. The number of carboxylic acids is 1. The van der Waals surface area contributed by atoms with Gasteiger partial charge in [0.15, 0.2) is 6.61 Å². The van der Waals surface area contributed by atoms with E-state index in [2.05, 4.69) is 15.8 Å². The smallest absolute Gasteiger partial charge is 0.341 e. The van der Waals surface area contributed by atoms with E-state index in [0.717, 1.165) is 0 Å². The van der Waals surface area contributed by atoms with Gasteiger partial charge in [0, 0.05) is 5.56 Å². The Balaban J connectivity index is 1.75. The first kappa shape index (κ1) is 20.4. The minimum Gasteiger partial charge on any atom is -0.497 e. The van der Waals surface area contributed by atoms with E-state index in [-0.39, 0.29) is 6.54 Å². The van der Waals surface area contributed by atoms with Gasteiger partial charge in [-0.15, -0.1) is 0 Å². The van der Waals surface area contributed by atoms with E-state index in [1.807, 2.05) is 0 Å². The van der Waals surface area contributed by atoms with Gasteiger partial charge in [-0.2, -0.15) is 5.10 Å². The largest absolute Gasteiger partial charge is 0.497 e. The number of nitrogens with one attached hydrogen (secondary N) is 2. The molecule has 0 heterocycles. The molecule has 0 bridgehead atoms. The highest BCUT2D eigenvalue weighted by atomic mass is 16.5. The van der Waals surface area contributed by atoms with Crippen molar-refractivity contribution < 1.29 is 29.0 Å². The van der Waals surface area contributed by atoms with Gasteiger partial charge in [0.05, 0.1) is 19.9 Å². The molecule has 0 aliphatic rings. The van der Waals surface area contributed by atoms with Gasteiger partial charge in [-0.1, -0.05) is 0 Å². The highest BCUT2D eigenvalue weighted by Gasteiger charge is 2.07. The highest BCUT2D eigenvalue weighted by Crippen LogP contribution is 2.11. The van der Waals surface area contributed by atoms with Gasteiger partial charge in [-0.3, -0.25) is 9.59 Å². The molecule has 2 amide bonds. The molecule has 0 saturated heterocycles. The third-order valence-electron chi connectivity index (χ3n) is 3.41. The van der Waals surface area contributed by atoms with E-state index in [1.54, 1.807) is 48.5 Å². The number of carbonyl (C=O) groups excluding carboxylic acids is 2. The molecule has 0 fully saturated rings. The number of methoxy groups -OCH3 is 1. The summed E-state index contributed by atoms with van der Waals surface area (Å²) in [4.78, 5) is 34.1. The van der Waals surface area contributed by atoms with E-state index in [4.69, 9.17) is 14.6 Å². The molecular weight excluding hydrogens is 366 g/mol. The van der Waals surface area contributed by atoms with Crippen LogP contribution < -0.4 is 20.2 Å². The number of nitrogens with zero attached hydrogens (tertiary/aromatic N) is 1. The van der Waals surface area contributed by atoms with Gasteiger partial charge < -0.3 is 19.9 Å². The summed E-state index contributed by atoms with van der Waals surface area (Å²) in [5.41, 5.74) is 3.37. The van der Waals surface area contributed by atoms with Gasteiger partial charge in [0.2, 0.25) is 0 Å². The predicted octanol–water partition coefficient (Wildman–Crippen LogP) is 1.04. The van der Waals surface area contributed by atoms with E-state index in [0.29, 0.717) is 22.6 Å². The zero-order chi connectivity index (χ0) is 20.4. The average Bonchev–Trinajstić information content (AvgIpc) is 2.71. The normalized spacial score (nSPS) is 10.3. The van der Waals surface area contributed by atoms with Gasteiger partial charge >= 0.3 is 5.97 Å². The molecule has 3 N–H and O–H groups in total. The van der Waals surface area contributed by atoms with Gasteiger partial charge in [-0.05, 0) is 54.1 Å². The van der Waals surface area contributed by atoms with E-state index in [1.165, 1.54) is 13.3 Å². The second-order valence-electron chi connectivity index (χ2n) is 5.46. The Morgan fingerprint density at radius 3 is 2.29 bits per heavy atom. The average molecular weight is 385 g/mol. The fraction of sp³-hybridized carbons (Fsp3) is 0.158. The van der Waals surface area contributed by atoms with E-state index >= 15 is 0 Å². The fourth-order valence-corrected chi connectivity index (χ4v) is 2.02. The summed E-state index contributed by atoms with van der Waals surface area (Å²) >= 11 is 0. The Morgan fingerprint density at radius 1 is 1.04 bits per heavy atom. The molecule has 0 spiro atoms. The minimum atomic E-state index is -1.06. The fourth-order valence-electron chi connectivity index (χ4n) is 2.02. The predicted molar refractivity (Wildman–Crippen MR) is 101 cm³/mol. The zero-order valence-electron chi connectivity index (χ0n) is 15.0. The Kier molecular flexibility index (Phi) is 7.53. The van der Waals surface area contributed by atoms with Crippen molar-refractivity contribution in [3.8, 4) is 11.5 Å². The topological polar surface area (TPSA) is 126 Å². The first-order valence-electron chi connectivity index (χ1n) is 8.17. The number of carbonyl (C=O) groups is 3. The summed E-state index contributed by atoms with van der Waals surface area (Å²) in [7, 11) is 1.53. The number of amides is 2. The lowest BCUT2D eigenvalue weighted by molar-refractivity contribution is -0.139. The zero-order valence-corrected chi connectivity index (χ0v) is 15.0. The Labute approximate surface area is 161 Å². The third-order valence-corrected chi connectivity index (χ3v) is 3.41. The third kappa shape index (κ3) is 6.79. The minimum absolute atomic E-state index is 0.232. The highest BCUT2D eigenvalue weighted by molar-refractivity contribution is 5.96. The van der Waals surface area contributed by atoms with Crippen LogP contribution in [0.4, 0.5) is 0 Å². The first-order chi connectivity index (χ1) is 13.5. The molecule has 0 saturated carbocycles. The summed E-state index contributed by atoms with van der Waals surface area (Å²) in [5, 5.41) is 14.8. The van der Waals surface area contributed by atoms with Crippen molar-refractivity contribution in [2.24, 2.45) is 5.10 Å². The standard InChI is InChI=1S/C19H19N3O6/c1-27-15-8-4-14(5-9-15)19(26)20-11-17(23)22-21-10-13-2-6-16(7-3-13)28-12-18(24)25/h2-10H,11-12H2,1H3,(H,20,26)(H,22,23)(H,24,25)/b21-10-. The maximum atomic E-state index is 12.0. The van der Waals surface area contributed by atoms with Crippen LogP contribution in [0.5, 0.6) is 11.5 Å². The molecule has 2 aromatic rings. The molecule has 2 aromatic carbocycles. The number of ether oxygens (including phenoxy) is 2.